The number of aliphatic hydroxyl groups excluding tert-OH is 1. The van der Waals surface area contributed by atoms with E-state index in [2.05, 4.69) is 42.8 Å². The number of nitrogens with zero attached hydrogens (tertiary/aromatic N) is 2. The van der Waals surface area contributed by atoms with E-state index in [9.17, 15) is 0 Å². The second-order valence-corrected chi connectivity index (χ2v) is 4.94. The summed E-state index contributed by atoms with van der Waals surface area (Å²) in [6, 6.07) is 7.62. The lowest BCUT2D eigenvalue weighted by atomic mass is 10.2. The summed E-state index contributed by atoms with van der Waals surface area (Å²) in [4.78, 5) is 4.41. The zero-order valence-electron chi connectivity index (χ0n) is 12.6. The van der Waals surface area contributed by atoms with Gasteiger partial charge in [-0.1, -0.05) is 17.9 Å². The molecule has 0 fully saturated rings. The molecule has 1 rings (SSSR count). The molecule has 0 amide bonds. The van der Waals surface area contributed by atoms with Gasteiger partial charge in [0.2, 0.25) is 0 Å². The van der Waals surface area contributed by atoms with Crippen LogP contribution in [0, 0.1) is 11.8 Å². The first-order chi connectivity index (χ1) is 9.61. The van der Waals surface area contributed by atoms with Crippen LogP contribution in [0.15, 0.2) is 24.3 Å². The quantitative estimate of drug-likeness (QED) is 0.751. The normalized spacial score (nSPS) is 10.5. The molecule has 0 spiro atoms. The lowest BCUT2D eigenvalue weighted by Gasteiger charge is -2.19. The number of benzene rings is 1. The molecule has 0 radical (unpaired) electrons. The number of ether oxygens (including phenoxy) is 1. The zero-order valence-corrected chi connectivity index (χ0v) is 12.6. The molecule has 0 aromatic heterocycles. The molecule has 0 aliphatic rings. The standard InChI is InChI=1S/C16H24N2O2/c1-17(2)9-10-18(3)11-13-20-16-8-4-6-15(14-16)7-5-12-19/h4,6,8,14,19H,9-13H2,1-3H3. The highest BCUT2D eigenvalue weighted by molar-refractivity contribution is 5.39. The maximum atomic E-state index is 8.68. The summed E-state index contributed by atoms with van der Waals surface area (Å²) < 4.78 is 5.72. The first kappa shape index (κ1) is 16.5. The minimum Gasteiger partial charge on any atom is -0.492 e. The molecule has 1 aromatic rings. The Morgan fingerprint density at radius 2 is 1.95 bits per heavy atom. The van der Waals surface area contributed by atoms with Gasteiger partial charge in [-0.3, -0.25) is 0 Å². The minimum atomic E-state index is -0.123. The van der Waals surface area contributed by atoms with Crippen molar-refractivity contribution in [3.8, 4) is 17.6 Å². The van der Waals surface area contributed by atoms with Crippen LogP contribution in [0.1, 0.15) is 5.56 Å². The van der Waals surface area contributed by atoms with E-state index in [-0.39, 0.29) is 6.61 Å². The lowest BCUT2D eigenvalue weighted by Crippen LogP contribution is -2.31. The second-order valence-electron chi connectivity index (χ2n) is 4.94. The van der Waals surface area contributed by atoms with Crippen LogP contribution < -0.4 is 4.74 Å². The first-order valence-electron chi connectivity index (χ1n) is 6.77. The van der Waals surface area contributed by atoms with E-state index >= 15 is 0 Å². The number of hydrogen-bond acceptors (Lipinski definition) is 4. The molecular formula is C16H24N2O2. The van der Waals surface area contributed by atoms with E-state index < -0.39 is 0 Å². The summed E-state index contributed by atoms with van der Waals surface area (Å²) in [6.45, 7) is 3.49. The molecule has 1 N–H and O–H groups in total. The summed E-state index contributed by atoms with van der Waals surface area (Å²) in [5, 5.41) is 8.68. The molecule has 0 saturated carbocycles. The highest BCUT2D eigenvalue weighted by Gasteiger charge is 2.00. The van der Waals surface area contributed by atoms with E-state index in [0.717, 1.165) is 30.9 Å². The van der Waals surface area contributed by atoms with Crippen LogP contribution in [0.3, 0.4) is 0 Å². The Kier molecular flexibility index (Phi) is 7.74. The third-order valence-corrected chi connectivity index (χ3v) is 2.82. The average Bonchev–Trinajstić information content (AvgIpc) is 2.43. The molecule has 110 valence electrons. The summed E-state index contributed by atoms with van der Waals surface area (Å²) in [5.74, 6) is 6.32. The van der Waals surface area contributed by atoms with Crippen molar-refractivity contribution in [2.24, 2.45) is 0 Å². The van der Waals surface area contributed by atoms with Gasteiger partial charge < -0.3 is 19.6 Å². The van der Waals surface area contributed by atoms with Crippen LogP contribution in [-0.2, 0) is 0 Å². The Hall–Kier alpha value is -1.54. The van der Waals surface area contributed by atoms with Crippen molar-refractivity contribution in [1.29, 1.82) is 0 Å². The van der Waals surface area contributed by atoms with Gasteiger partial charge in [0.1, 0.15) is 19.0 Å². The van der Waals surface area contributed by atoms with Crippen molar-refractivity contribution < 1.29 is 9.84 Å². The maximum Gasteiger partial charge on any atom is 0.120 e. The maximum absolute atomic E-state index is 8.68. The van der Waals surface area contributed by atoms with Crippen LogP contribution in [0.2, 0.25) is 0 Å². The van der Waals surface area contributed by atoms with Gasteiger partial charge in [0, 0.05) is 25.2 Å². The smallest absolute Gasteiger partial charge is 0.120 e. The number of likely N-dealkylation sites (N-methyl/N-ethyl adjacent to an activating group) is 2. The van der Waals surface area contributed by atoms with E-state index in [1.807, 2.05) is 24.3 Å². The molecule has 0 unspecified atom stereocenters. The molecule has 4 nitrogen and oxygen atoms in total. The van der Waals surface area contributed by atoms with Gasteiger partial charge in [0.25, 0.3) is 0 Å². The van der Waals surface area contributed by atoms with Crippen LogP contribution in [0.4, 0.5) is 0 Å². The fraction of sp³-hybridized carbons (Fsp3) is 0.500. The van der Waals surface area contributed by atoms with E-state index in [1.54, 1.807) is 0 Å². The van der Waals surface area contributed by atoms with Crippen LogP contribution in [0.5, 0.6) is 5.75 Å². The minimum absolute atomic E-state index is 0.123. The summed E-state index contributed by atoms with van der Waals surface area (Å²) in [6.07, 6.45) is 0. The Balaban J connectivity index is 2.34. The Morgan fingerprint density at radius 1 is 1.15 bits per heavy atom. The summed E-state index contributed by atoms with van der Waals surface area (Å²) in [5.41, 5.74) is 0.859. The molecule has 4 heteroatoms. The van der Waals surface area contributed by atoms with E-state index in [1.165, 1.54) is 0 Å². The molecule has 0 aliphatic heterocycles. The molecule has 0 bridgehead atoms. The van der Waals surface area contributed by atoms with Crippen molar-refractivity contribution >= 4 is 0 Å². The molecule has 0 saturated heterocycles. The van der Waals surface area contributed by atoms with Crippen molar-refractivity contribution in [3.05, 3.63) is 29.8 Å². The Bertz CT molecular complexity index is 449. The Labute approximate surface area is 122 Å². The SMILES string of the molecule is CN(C)CCN(C)CCOc1cccc(C#CCO)c1. The van der Waals surface area contributed by atoms with Gasteiger partial charge in [-0.2, -0.15) is 0 Å². The van der Waals surface area contributed by atoms with E-state index in [0.29, 0.717) is 6.61 Å². The Morgan fingerprint density at radius 3 is 2.65 bits per heavy atom. The summed E-state index contributed by atoms with van der Waals surface area (Å²) >= 11 is 0. The van der Waals surface area contributed by atoms with Crippen LogP contribution in [-0.4, -0.2) is 68.9 Å². The van der Waals surface area contributed by atoms with E-state index in [4.69, 9.17) is 9.84 Å². The average molecular weight is 276 g/mol. The van der Waals surface area contributed by atoms with Gasteiger partial charge in [0.15, 0.2) is 0 Å². The molecule has 0 aliphatic carbocycles. The van der Waals surface area contributed by atoms with Crippen LogP contribution in [0.25, 0.3) is 0 Å². The third-order valence-electron chi connectivity index (χ3n) is 2.82. The molecule has 0 heterocycles. The topological polar surface area (TPSA) is 35.9 Å². The van der Waals surface area contributed by atoms with Crippen molar-refractivity contribution in [1.82, 2.24) is 9.80 Å². The highest BCUT2D eigenvalue weighted by Crippen LogP contribution is 2.12. The van der Waals surface area contributed by atoms with Gasteiger partial charge >= 0.3 is 0 Å². The number of rotatable bonds is 7. The van der Waals surface area contributed by atoms with Gasteiger partial charge in [0.05, 0.1) is 0 Å². The number of hydrogen-bond donors (Lipinski definition) is 1. The second kappa shape index (κ2) is 9.38. The molecular weight excluding hydrogens is 252 g/mol. The molecule has 20 heavy (non-hydrogen) atoms. The van der Waals surface area contributed by atoms with Crippen molar-refractivity contribution in [3.63, 3.8) is 0 Å². The third kappa shape index (κ3) is 7.15. The predicted octanol–water partition coefficient (Wildman–Crippen LogP) is 0.903. The zero-order chi connectivity index (χ0) is 14.8. The van der Waals surface area contributed by atoms with Crippen molar-refractivity contribution in [2.75, 3.05) is 54.0 Å². The van der Waals surface area contributed by atoms with Crippen LogP contribution >= 0.6 is 0 Å². The van der Waals surface area contributed by atoms with Gasteiger partial charge in [-0.05, 0) is 39.3 Å². The predicted molar refractivity (Wildman–Crippen MR) is 82.0 cm³/mol. The fourth-order valence-corrected chi connectivity index (χ4v) is 1.61. The summed E-state index contributed by atoms with van der Waals surface area (Å²) in [7, 11) is 6.24. The highest BCUT2D eigenvalue weighted by atomic mass is 16.5. The number of aliphatic hydroxyl groups is 1. The first-order valence-corrected chi connectivity index (χ1v) is 6.77. The monoisotopic (exact) mass is 276 g/mol. The van der Waals surface area contributed by atoms with Gasteiger partial charge in [-0.25, -0.2) is 0 Å². The molecule has 1 aromatic carbocycles. The van der Waals surface area contributed by atoms with Crippen molar-refractivity contribution in [2.45, 2.75) is 0 Å². The lowest BCUT2D eigenvalue weighted by molar-refractivity contribution is 0.222. The molecule has 0 atom stereocenters. The fourth-order valence-electron chi connectivity index (χ4n) is 1.61. The largest absolute Gasteiger partial charge is 0.492 e. The van der Waals surface area contributed by atoms with Gasteiger partial charge in [-0.15, -0.1) is 0 Å².